The lowest BCUT2D eigenvalue weighted by Crippen LogP contribution is -2.39. The van der Waals surface area contributed by atoms with Gasteiger partial charge in [0.2, 0.25) is 0 Å². The van der Waals surface area contributed by atoms with E-state index in [2.05, 4.69) is 48.2 Å². The van der Waals surface area contributed by atoms with Crippen LogP contribution in [0.3, 0.4) is 0 Å². The van der Waals surface area contributed by atoms with Crippen molar-refractivity contribution in [3.8, 4) is 0 Å². The molecule has 0 aliphatic heterocycles. The van der Waals surface area contributed by atoms with Gasteiger partial charge in [0.15, 0.2) is 0 Å². The Morgan fingerprint density at radius 3 is 2.74 bits per heavy atom. The molecular formula is C16H27N3. The van der Waals surface area contributed by atoms with Crippen LogP contribution in [0, 0.1) is 12.3 Å². The molecule has 1 aromatic rings. The molecular weight excluding hydrogens is 234 g/mol. The standard InChI is InChI=1S/C16H27N3/c1-13-6-5-7-15(18-13)10-19(4)12-16(2,3)11-17-14-8-9-14/h5-7,14,17H,8-12H2,1-4H3. The van der Waals surface area contributed by atoms with Crippen LogP contribution < -0.4 is 5.32 Å². The molecule has 1 heterocycles. The van der Waals surface area contributed by atoms with Crippen LogP contribution in [0.2, 0.25) is 0 Å². The van der Waals surface area contributed by atoms with E-state index in [4.69, 9.17) is 0 Å². The van der Waals surface area contributed by atoms with Gasteiger partial charge >= 0.3 is 0 Å². The first-order valence-electron chi connectivity index (χ1n) is 7.29. The minimum Gasteiger partial charge on any atom is -0.313 e. The van der Waals surface area contributed by atoms with E-state index < -0.39 is 0 Å². The Kier molecular flexibility index (Phi) is 4.58. The molecule has 0 spiro atoms. The fraction of sp³-hybridized carbons (Fsp3) is 0.688. The Hall–Kier alpha value is -0.930. The molecule has 2 rings (SSSR count). The summed E-state index contributed by atoms with van der Waals surface area (Å²) in [6, 6.07) is 7.04. The van der Waals surface area contributed by atoms with Crippen LogP contribution in [-0.2, 0) is 6.54 Å². The van der Waals surface area contributed by atoms with Crippen LogP contribution in [0.25, 0.3) is 0 Å². The summed E-state index contributed by atoms with van der Waals surface area (Å²) in [6.07, 6.45) is 2.72. The number of rotatable bonds is 7. The molecule has 0 radical (unpaired) electrons. The summed E-state index contributed by atoms with van der Waals surface area (Å²) in [5.41, 5.74) is 2.57. The Morgan fingerprint density at radius 1 is 1.37 bits per heavy atom. The minimum absolute atomic E-state index is 0.307. The molecule has 1 aromatic heterocycles. The fourth-order valence-electron chi connectivity index (χ4n) is 2.51. The molecule has 1 saturated carbocycles. The van der Waals surface area contributed by atoms with E-state index in [9.17, 15) is 0 Å². The van der Waals surface area contributed by atoms with Crippen molar-refractivity contribution in [3.05, 3.63) is 29.6 Å². The predicted molar refractivity (Wildman–Crippen MR) is 80.1 cm³/mol. The van der Waals surface area contributed by atoms with Crippen molar-refractivity contribution in [1.29, 1.82) is 0 Å². The highest BCUT2D eigenvalue weighted by Crippen LogP contribution is 2.22. The number of pyridine rings is 1. The maximum atomic E-state index is 4.57. The Bertz CT molecular complexity index is 410. The van der Waals surface area contributed by atoms with Gasteiger partial charge in [-0.2, -0.15) is 0 Å². The number of nitrogens with zero attached hydrogens (tertiary/aromatic N) is 2. The van der Waals surface area contributed by atoms with Gasteiger partial charge in [0.05, 0.1) is 5.69 Å². The Balaban J connectivity index is 1.80. The van der Waals surface area contributed by atoms with Gasteiger partial charge in [-0.1, -0.05) is 19.9 Å². The van der Waals surface area contributed by atoms with Gasteiger partial charge in [-0.3, -0.25) is 9.88 Å². The topological polar surface area (TPSA) is 28.2 Å². The first kappa shape index (κ1) is 14.5. The monoisotopic (exact) mass is 261 g/mol. The van der Waals surface area contributed by atoms with E-state index in [-0.39, 0.29) is 0 Å². The van der Waals surface area contributed by atoms with Crippen molar-refractivity contribution >= 4 is 0 Å². The van der Waals surface area contributed by atoms with Gasteiger partial charge < -0.3 is 5.32 Å². The molecule has 0 atom stereocenters. The van der Waals surface area contributed by atoms with E-state index in [0.29, 0.717) is 5.41 Å². The maximum absolute atomic E-state index is 4.57. The molecule has 3 heteroatoms. The average Bonchev–Trinajstić information content (AvgIpc) is 3.09. The SMILES string of the molecule is Cc1cccc(CN(C)CC(C)(C)CNC2CC2)n1. The molecule has 1 aliphatic rings. The van der Waals surface area contributed by atoms with Crippen molar-refractivity contribution in [2.45, 2.75) is 46.2 Å². The number of nitrogens with one attached hydrogen (secondary N) is 1. The molecule has 1 aliphatic carbocycles. The third kappa shape index (κ3) is 5.29. The highest BCUT2D eigenvalue weighted by molar-refractivity contribution is 5.09. The second-order valence-electron chi connectivity index (χ2n) is 6.76. The lowest BCUT2D eigenvalue weighted by atomic mass is 9.92. The lowest BCUT2D eigenvalue weighted by molar-refractivity contribution is 0.196. The molecule has 106 valence electrons. The molecule has 0 saturated heterocycles. The fourth-order valence-corrected chi connectivity index (χ4v) is 2.51. The number of aromatic nitrogens is 1. The highest BCUT2D eigenvalue weighted by atomic mass is 15.1. The molecule has 3 nitrogen and oxygen atoms in total. The summed E-state index contributed by atoms with van der Waals surface area (Å²) < 4.78 is 0. The highest BCUT2D eigenvalue weighted by Gasteiger charge is 2.26. The maximum Gasteiger partial charge on any atom is 0.0547 e. The normalized spacial score (nSPS) is 16.1. The molecule has 0 unspecified atom stereocenters. The van der Waals surface area contributed by atoms with Crippen LogP contribution in [0.5, 0.6) is 0 Å². The summed E-state index contributed by atoms with van der Waals surface area (Å²) in [4.78, 5) is 6.94. The minimum atomic E-state index is 0.307. The molecule has 19 heavy (non-hydrogen) atoms. The van der Waals surface area contributed by atoms with Crippen LogP contribution in [0.15, 0.2) is 18.2 Å². The van der Waals surface area contributed by atoms with Crippen molar-refractivity contribution < 1.29 is 0 Å². The summed E-state index contributed by atoms with van der Waals surface area (Å²) in [6.45, 7) is 9.83. The largest absolute Gasteiger partial charge is 0.313 e. The third-order valence-corrected chi connectivity index (χ3v) is 3.52. The smallest absolute Gasteiger partial charge is 0.0547 e. The number of aryl methyl sites for hydroxylation is 1. The zero-order valence-electron chi connectivity index (χ0n) is 12.7. The zero-order valence-corrected chi connectivity index (χ0v) is 12.7. The second-order valence-corrected chi connectivity index (χ2v) is 6.76. The van der Waals surface area contributed by atoms with E-state index in [1.807, 2.05) is 13.0 Å². The summed E-state index contributed by atoms with van der Waals surface area (Å²) in [7, 11) is 2.18. The zero-order chi connectivity index (χ0) is 13.9. The number of hydrogen-bond acceptors (Lipinski definition) is 3. The predicted octanol–water partition coefficient (Wildman–Crippen LogP) is 2.60. The molecule has 0 amide bonds. The van der Waals surface area contributed by atoms with Crippen molar-refractivity contribution in [1.82, 2.24) is 15.2 Å². The molecule has 0 aromatic carbocycles. The van der Waals surface area contributed by atoms with Gasteiger partial charge in [-0.05, 0) is 44.4 Å². The molecule has 1 N–H and O–H groups in total. The summed E-state index contributed by atoms with van der Waals surface area (Å²) in [5, 5.41) is 3.63. The summed E-state index contributed by atoms with van der Waals surface area (Å²) >= 11 is 0. The second kappa shape index (κ2) is 6.02. The number of hydrogen-bond donors (Lipinski definition) is 1. The van der Waals surface area contributed by atoms with Crippen molar-refractivity contribution in [2.75, 3.05) is 20.1 Å². The van der Waals surface area contributed by atoms with Gasteiger partial charge in [0, 0.05) is 31.4 Å². The van der Waals surface area contributed by atoms with Gasteiger partial charge in [-0.25, -0.2) is 0 Å². The van der Waals surface area contributed by atoms with Crippen LogP contribution in [0.1, 0.15) is 38.1 Å². The third-order valence-electron chi connectivity index (χ3n) is 3.52. The molecule has 1 fully saturated rings. The molecule has 0 bridgehead atoms. The Labute approximate surface area is 117 Å². The average molecular weight is 261 g/mol. The van der Waals surface area contributed by atoms with Gasteiger partial charge in [0.1, 0.15) is 0 Å². The summed E-state index contributed by atoms with van der Waals surface area (Å²) in [5.74, 6) is 0. The van der Waals surface area contributed by atoms with Crippen LogP contribution >= 0.6 is 0 Å². The van der Waals surface area contributed by atoms with E-state index >= 15 is 0 Å². The van der Waals surface area contributed by atoms with Crippen molar-refractivity contribution in [3.63, 3.8) is 0 Å². The van der Waals surface area contributed by atoms with Crippen molar-refractivity contribution in [2.24, 2.45) is 5.41 Å². The lowest BCUT2D eigenvalue weighted by Gasteiger charge is -2.30. The van der Waals surface area contributed by atoms with E-state index in [1.165, 1.54) is 12.8 Å². The van der Waals surface area contributed by atoms with Crippen LogP contribution in [0.4, 0.5) is 0 Å². The van der Waals surface area contributed by atoms with Crippen LogP contribution in [-0.4, -0.2) is 36.1 Å². The van der Waals surface area contributed by atoms with Gasteiger partial charge in [-0.15, -0.1) is 0 Å². The Morgan fingerprint density at radius 2 is 2.11 bits per heavy atom. The van der Waals surface area contributed by atoms with E-state index in [1.54, 1.807) is 0 Å². The van der Waals surface area contributed by atoms with Gasteiger partial charge in [0.25, 0.3) is 0 Å². The first-order chi connectivity index (χ1) is 8.94. The van der Waals surface area contributed by atoms with E-state index in [0.717, 1.165) is 37.1 Å². The first-order valence-corrected chi connectivity index (χ1v) is 7.29. The quantitative estimate of drug-likeness (QED) is 0.818.